The van der Waals surface area contributed by atoms with Crippen LogP contribution in [-0.2, 0) is 16.0 Å². The van der Waals surface area contributed by atoms with Gasteiger partial charge < -0.3 is 19.3 Å². The zero-order valence-electron chi connectivity index (χ0n) is 21.4. The smallest absolute Gasteiger partial charge is 0.411 e. The third-order valence-corrected chi connectivity index (χ3v) is 7.15. The van der Waals surface area contributed by atoms with Gasteiger partial charge in [-0.1, -0.05) is 48.5 Å². The molecule has 1 N–H and O–H groups in total. The van der Waals surface area contributed by atoms with Crippen molar-refractivity contribution < 1.29 is 23.9 Å². The van der Waals surface area contributed by atoms with Crippen molar-refractivity contribution >= 4 is 23.7 Å². The van der Waals surface area contributed by atoms with Crippen LogP contribution in [0.25, 0.3) is 11.1 Å². The molecule has 1 fully saturated rings. The summed E-state index contributed by atoms with van der Waals surface area (Å²) in [6, 6.07) is 22.7. The average molecular weight is 514 g/mol. The molecule has 196 valence electrons. The van der Waals surface area contributed by atoms with E-state index < -0.39 is 12.1 Å². The number of ether oxygens (including phenoxy) is 2. The SMILES string of the molecule is COC(=O)c1ccc2c(c1)CN(CCN1CCC(OC(=O)Nc3ccccc3-c3ccccc3)CC1)C2=O. The van der Waals surface area contributed by atoms with E-state index in [1.54, 1.807) is 18.2 Å². The fourth-order valence-corrected chi connectivity index (χ4v) is 5.07. The maximum absolute atomic E-state index is 12.8. The zero-order valence-corrected chi connectivity index (χ0v) is 21.4. The van der Waals surface area contributed by atoms with Gasteiger partial charge in [-0.25, -0.2) is 9.59 Å². The molecule has 2 aliphatic heterocycles. The monoisotopic (exact) mass is 513 g/mol. The van der Waals surface area contributed by atoms with E-state index in [2.05, 4.69) is 10.2 Å². The standard InChI is InChI=1S/C30H31N3O5/c1-37-29(35)22-11-12-26-23(19-22)20-33(28(26)34)18-17-32-15-13-24(14-16-32)38-30(36)31-27-10-6-5-9-25(27)21-7-3-2-4-8-21/h2-12,19,24H,13-18,20H2,1H3,(H,31,36). The van der Waals surface area contributed by atoms with Crippen LogP contribution in [0.4, 0.5) is 10.5 Å². The van der Waals surface area contributed by atoms with Crippen molar-refractivity contribution in [3.8, 4) is 11.1 Å². The molecule has 5 rings (SSSR count). The second kappa shape index (κ2) is 11.5. The van der Waals surface area contributed by atoms with E-state index in [1.807, 2.05) is 59.5 Å². The Hall–Kier alpha value is -4.17. The lowest BCUT2D eigenvalue weighted by molar-refractivity contribution is 0.0528. The number of nitrogens with one attached hydrogen (secondary N) is 1. The lowest BCUT2D eigenvalue weighted by atomic mass is 10.0. The fourth-order valence-electron chi connectivity index (χ4n) is 5.07. The highest BCUT2D eigenvalue weighted by atomic mass is 16.6. The van der Waals surface area contributed by atoms with Gasteiger partial charge >= 0.3 is 12.1 Å². The van der Waals surface area contributed by atoms with Crippen LogP contribution in [0.3, 0.4) is 0 Å². The Morgan fingerprint density at radius 1 is 0.921 bits per heavy atom. The molecule has 0 spiro atoms. The quantitative estimate of drug-likeness (QED) is 0.456. The van der Waals surface area contributed by atoms with Gasteiger partial charge in [-0.3, -0.25) is 10.1 Å². The molecule has 2 heterocycles. The Morgan fingerprint density at radius 2 is 1.66 bits per heavy atom. The van der Waals surface area contributed by atoms with Crippen LogP contribution in [0.15, 0.2) is 72.8 Å². The first-order valence-electron chi connectivity index (χ1n) is 12.9. The first-order chi connectivity index (χ1) is 18.5. The summed E-state index contributed by atoms with van der Waals surface area (Å²) in [6.45, 7) is 3.42. The van der Waals surface area contributed by atoms with Crippen LogP contribution in [0, 0.1) is 0 Å². The Labute approximate surface area is 222 Å². The molecule has 8 nitrogen and oxygen atoms in total. The third-order valence-electron chi connectivity index (χ3n) is 7.15. The van der Waals surface area contributed by atoms with Gasteiger partial charge in [0.2, 0.25) is 0 Å². The number of benzene rings is 3. The number of methoxy groups -OCH3 is 1. The molecule has 0 saturated carbocycles. The summed E-state index contributed by atoms with van der Waals surface area (Å²) in [5.41, 5.74) is 4.64. The number of nitrogens with zero attached hydrogens (tertiary/aromatic N) is 2. The van der Waals surface area contributed by atoms with E-state index >= 15 is 0 Å². The van der Waals surface area contributed by atoms with E-state index in [4.69, 9.17) is 9.47 Å². The molecular formula is C30H31N3O5. The number of para-hydroxylation sites is 1. The Kier molecular flexibility index (Phi) is 7.70. The highest BCUT2D eigenvalue weighted by Crippen LogP contribution is 2.28. The third kappa shape index (κ3) is 5.70. The van der Waals surface area contributed by atoms with Crippen molar-refractivity contribution in [3.63, 3.8) is 0 Å². The van der Waals surface area contributed by atoms with Gasteiger partial charge in [0.25, 0.3) is 5.91 Å². The summed E-state index contributed by atoms with van der Waals surface area (Å²) >= 11 is 0. The van der Waals surface area contributed by atoms with Crippen molar-refractivity contribution in [3.05, 3.63) is 89.5 Å². The molecule has 0 aromatic heterocycles. The highest BCUT2D eigenvalue weighted by Gasteiger charge is 2.29. The Bertz CT molecular complexity index is 1320. The molecular weight excluding hydrogens is 482 g/mol. The number of carbonyl (C=O) groups is 3. The van der Waals surface area contributed by atoms with Crippen molar-refractivity contribution in [1.29, 1.82) is 0 Å². The van der Waals surface area contributed by atoms with Gasteiger partial charge in [0.05, 0.1) is 18.4 Å². The lowest BCUT2D eigenvalue weighted by Gasteiger charge is -2.32. The molecule has 2 aliphatic rings. The van der Waals surface area contributed by atoms with E-state index in [-0.39, 0.29) is 12.0 Å². The maximum atomic E-state index is 12.8. The van der Waals surface area contributed by atoms with Crippen LogP contribution >= 0.6 is 0 Å². The topological polar surface area (TPSA) is 88.2 Å². The highest BCUT2D eigenvalue weighted by molar-refractivity contribution is 6.00. The van der Waals surface area contributed by atoms with Crippen LogP contribution in [-0.4, -0.2) is 67.2 Å². The first-order valence-corrected chi connectivity index (χ1v) is 12.9. The number of likely N-dealkylation sites (tertiary alicyclic amines) is 1. The summed E-state index contributed by atoms with van der Waals surface area (Å²) in [6.07, 6.45) is 0.887. The summed E-state index contributed by atoms with van der Waals surface area (Å²) in [4.78, 5) is 41.3. The summed E-state index contributed by atoms with van der Waals surface area (Å²) < 4.78 is 10.5. The predicted octanol–water partition coefficient (Wildman–Crippen LogP) is 4.81. The first kappa shape index (κ1) is 25.5. The van der Waals surface area contributed by atoms with Crippen molar-refractivity contribution in [2.45, 2.75) is 25.5 Å². The Balaban J connectivity index is 1.08. The van der Waals surface area contributed by atoms with Gasteiger partial charge in [0, 0.05) is 43.9 Å². The maximum Gasteiger partial charge on any atom is 0.411 e. The number of amides is 2. The van der Waals surface area contributed by atoms with Gasteiger partial charge in [-0.15, -0.1) is 0 Å². The summed E-state index contributed by atoms with van der Waals surface area (Å²) in [7, 11) is 1.35. The van der Waals surface area contributed by atoms with Crippen molar-refractivity contribution in [2.24, 2.45) is 0 Å². The molecule has 2 amide bonds. The number of anilines is 1. The number of hydrogen-bond donors (Lipinski definition) is 1. The number of rotatable bonds is 7. The second-order valence-electron chi connectivity index (χ2n) is 9.57. The molecule has 0 aliphatic carbocycles. The largest absolute Gasteiger partial charge is 0.465 e. The molecule has 0 atom stereocenters. The van der Waals surface area contributed by atoms with Crippen LogP contribution in [0.1, 0.15) is 39.1 Å². The Morgan fingerprint density at radius 3 is 2.42 bits per heavy atom. The van der Waals surface area contributed by atoms with Crippen LogP contribution < -0.4 is 5.32 Å². The number of fused-ring (bicyclic) bond motifs is 1. The molecule has 3 aromatic carbocycles. The van der Waals surface area contributed by atoms with Gasteiger partial charge in [0.1, 0.15) is 6.10 Å². The normalized spacial score (nSPS) is 15.7. The summed E-state index contributed by atoms with van der Waals surface area (Å²) in [5.74, 6) is -0.417. The molecule has 38 heavy (non-hydrogen) atoms. The van der Waals surface area contributed by atoms with E-state index in [0.29, 0.717) is 24.2 Å². The van der Waals surface area contributed by atoms with Crippen LogP contribution in [0.2, 0.25) is 0 Å². The minimum absolute atomic E-state index is 0.0120. The minimum atomic E-state index is -0.446. The average Bonchev–Trinajstić information content (AvgIpc) is 3.27. The van der Waals surface area contributed by atoms with E-state index in [9.17, 15) is 14.4 Å². The number of hydrogen-bond acceptors (Lipinski definition) is 6. The van der Waals surface area contributed by atoms with Gasteiger partial charge in [-0.2, -0.15) is 0 Å². The van der Waals surface area contributed by atoms with Gasteiger partial charge in [0.15, 0.2) is 0 Å². The molecule has 3 aromatic rings. The second-order valence-corrected chi connectivity index (χ2v) is 9.57. The van der Waals surface area contributed by atoms with Gasteiger partial charge in [-0.05, 0) is 48.2 Å². The molecule has 8 heteroatoms. The number of esters is 1. The molecule has 0 radical (unpaired) electrons. The predicted molar refractivity (Wildman–Crippen MR) is 144 cm³/mol. The summed E-state index contributed by atoms with van der Waals surface area (Å²) in [5, 5.41) is 2.91. The number of piperidine rings is 1. The minimum Gasteiger partial charge on any atom is -0.465 e. The van der Waals surface area contributed by atoms with E-state index in [1.165, 1.54) is 7.11 Å². The lowest BCUT2D eigenvalue weighted by Crippen LogP contribution is -2.42. The molecule has 1 saturated heterocycles. The number of carbonyl (C=O) groups excluding carboxylic acids is 3. The van der Waals surface area contributed by atoms with E-state index in [0.717, 1.165) is 54.9 Å². The van der Waals surface area contributed by atoms with Crippen molar-refractivity contribution in [2.75, 3.05) is 38.6 Å². The molecule has 0 bridgehead atoms. The molecule has 0 unspecified atom stereocenters. The van der Waals surface area contributed by atoms with Crippen molar-refractivity contribution in [1.82, 2.24) is 9.80 Å². The zero-order chi connectivity index (χ0) is 26.5. The van der Waals surface area contributed by atoms with Crippen LogP contribution in [0.5, 0.6) is 0 Å². The fraction of sp³-hybridized carbons (Fsp3) is 0.300.